The van der Waals surface area contributed by atoms with Crippen LogP contribution in [0, 0.1) is 24.5 Å². The number of anilines is 1. The van der Waals surface area contributed by atoms with Crippen molar-refractivity contribution in [2.24, 2.45) is 13.0 Å². The number of carbonyl (C=O) groups excluding carboxylic acids is 1. The quantitative estimate of drug-likeness (QED) is 0.290. The number of carbonyl (C=O) groups is 2. The normalized spacial score (nSPS) is 16.3. The molecule has 0 bridgehead atoms. The fraction of sp³-hybridized carbons (Fsp3) is 0.281. The number of fused-ring (bicyclic) bond motifs is 1. The number of benzene rings is 2. The summed E-state index contributed by atoms with van der Waals surface area (Å²) in [4.78, 5) is 43.4. The molecule has 13 heteroatoms. The van der Waals surface area contributed by atoms with Crippen molar-refractivity contribution in [1.82, 2.24) is 19.7 Å². The van der Waals surface area contributed by atoms with Gasteiger partial charge in [0, 0.05) is 60.3 Å². The number of amides is 1. The van der Waals surface area contributed by atoms with Gasteiger partial charge in [0.25, 0.3) is 11.5 Å². The van der Waals surface area contributed by atoms with Gasteiger partial charge in [0.2, 0.25) is 5.88 Å². The molecule has 0 spiro atoms. The molecule has 45 heavy (non-hydrogen) atoms. The minimum atomic E-state index is -0.814. The summed E-state index contributed by atoms with van der Waals surface area (Å²) in [5.74, 6) is -3.13. The lowest BCUT2D eigenvalue weighted by molar-refractivity contribution is -0.148. The number of halogens is 3. The van der Waals surface area contributed by atoms with Gasteiger partial charge in [-0.3, -0.25) is 19.3 Å². The Balaban J connectivity index is 1.38. The lowest BCUT2D eigenvalue weighted by Crippen LogP contribution is -2.51. The Labute approximate surface area is 261 Å². The van der Waals surface area contributed by atoms with Gasteiger partial charge >= 0.3 is 5.97 Å². The van der Waals surface area contributed by atoms with E-state index in [-0.39, 0.29) is 39.0 Å². The first kappa shape index (κ1) is 30.4. The average Bonchev–Trinajstić information content (AvgIpc) is 3.39. The Morgan fingerprint density at radius 2 is 1.82 bits per heavy atom. The van der Waals surface area contributed by atoms with Crippen LogP contribution in [0.1, 0.15) is 39.5 Å². The standard InChI is InChI=1S/C32H28ClF2N5O5/c1-15-22(37-29(41)19-10-11-36-39(2)31(19)42)8-7-20(34)25(15)27-21(35)6-5-18(28(27)33)23-12-16-4-9-24(26(16)30(38-23)45-3)40-13-17(14-40)32(43)44/h5-8,10-12,17,24H,4,9,13-14H2,1-3H3,(H,37,41)(H,43,44)/t24-/m0/s1. The molecule has 1 atom stereocenters. The predicted octanol–water partition coefficient (Wildman–Crippen LogP) is 5.01. The molecule has 2 aliphatic rings. The van der Waals surface area contributed by atoms with Gasteiger partial charge < -0.3 is 15.2 Å². The van der Waals surface area contributed by atoms with Crippen LogP contribution in [0.15, 0.2) is 47.4 Å². The number of aliphatic carboxylic acids is 1. The predicted molar refractivity (Wildman–Crippen MR) is 163 cm³/mol. The fourth-order valence-electron chi connectivity index (χ4n) is 6.13. The number of aryl methyl sites for hydroxylation is 2. The number of methoxy groups -OCH3 is 1. The van der Waals surface area contributed by atoms with Crippen molar-refractivity contribution in [3.8, 4) is 28.3 Å². The largest absolute Gasteiger partial charge is 0.481 e. The van der Waals surface area contributed by atoms with E-state index in [2.05, 4.69) is 15.3 Å². The highest BCUT2D eigenvalue weighted by Crippen LogP contribution is 2.47. The maximum Gasteiger partial charge on any atom is 0.309 e. The van der Waals surface area contributed by atoms with Crippen LogP contribution in [0.5, 0.6) is 5.88 Å². The summed E-state index contributed by atoms with van der Waals surface area (Å²) in [5, 5.41) is 15.6. The number of nitrogens with one attached hydrogen (secondary N) is 1. The van der Waals surface area contributed by atoms with Gasteiger partial charge in [-0.1, -0.05) is 11.6 Å². The molecule has 1 aliphatic carbocycles. The molecule has 0 saturated carbocycles. The van der Waals surface area contributed by atoms with E-state index in [9.17, 15) is 19.5 Å². The number of aromatic nitrogens is 3. The summed E-state index contributed by atoms with van der Waals surface area (Å²) in [6, 6.07) is 8.15. The highest BCUT2D eigenvalue weighted by Gasteiger charge is 2.41. The van der Waals surface area contributed by atoms with Gasteiger partial charge in [0.1, 0.15) is 17.2 Å². The smallest absolute Gasteiger partial charge is 0.309 e. The van der Waals surface area contributed by atoms with Gasteiger partial charge in [-0.05, 0) is 67.3 Å². The lowest BCUT2D eigenvalue weighted by atomic mass is 9.94. The zero-order valence-electron chi connectivity index (χ0n) is 24.5. The van der Waals surface area contributed by atoms with Crippen molar-refractivity contribution in [3.05, 3.63) is 91.9 Å². The van der Waals surface area contributed by atoms with E-state index < -0.39 is 35.0 Å². The van der Waals surface area contributed by atoms with Crippen molar-refractivity contribution in [2.75, 3.05) is 25.5 Å². The third-order valence-electron chi connectivity index (χ3n) is 8.55. The zero-order valence-corrected chi connectivity index (χ0v) is 25.3. The van der Waals surface area contributed by atoms with Crippen LogP contribution in [-0.2, 0) is 18.3 Å². The molecule has 0 radical (unpaired) electrons. The van der Waals surface area contributed by atoms with Crippen LogP contribution in [0.3, 0.4) is 0 Å². The van der Waals surface area contributed by atoms with E-state index in [1.165, 1.54) is 51.5 Å². The summed E-state index contributed by atoms with van der Waals surface area (Å²) >= 11 is 6.83. The third-order valence-corrected chi connectivity index (χ3v) is 8.94. The summed E-state index contributed by atoms with van der Waals surface area (Å²) in [5.41, 5.74) is 1.81. The Kier molecular flexibility index (Phi) is 7.88. The first-order valence-corrected chi connectivity index (χ1v) is 14.5. The molecule has 0 unspecified atom stereocenters. The molecule has 6 rings (SSSR count). The van der Waals surface area contributed by atoms with E-state index in [0.29, 0.717) is 36.6 Å². The number of ether oxygens (including phenoxy) is 1. The lowest BCUT2D eigenvalue weighted by Gasteiger charge is -2.41. The summed E-state index contributed by atoms with van der Waals surface area (Å²) < 4.78 is 37.6. The van der Waals surface area contributed by atoms with Crippen LogP contribution in [0.25, 0.3) is 22.4 Å². The van der Waals surface area contributed by atoms with Crippen LogP contribution in [0.4, 0.5) is 14.5 Å². The zero-order chi connectivity index (χ0) is 32.2. The maximum atomic E-state index is 15.5. The number of hydrogen-bond donors (Lipinski definition) is 2. The molecule has 2 aromatic heterocycles. The first-order valence-electron chi connectivity index (χ1n) is 14.2. The van der Waals surface area contributed by atoms with Gasteiger partial charge in [0.05, 0.1) is 23.7 Å². The third kappa shape index (κ3) is 5.23. The molecule has 232 valence electrons. The Morgan fingerprint density at radius 3 is 2.53 bits per heavy atom. The van der Waals surface area contributed by atoms with Crippen molar-refractivity contribution in [1.29, 1.82) is 0 Å². The molecule has 1 saturated heterocycles. The van der Waals surface area contributed by atoms with Gasteiger partial charge in [-0.15, -0.1) is 0 Å². The molecule has 3 heterocycles. The van der Waals surface area contributed by atoms with Crippen LogP contribution >= 0.6 is 11.6 Å². The van der Waals surface area contributed by atoms with Crippen LogP contribution in [0.2, 0.25) is 5.02 Å². The Morgan fingerprint density at radius 1 is 1.11 bits per heavy atom. The van der Waals surface area contributed by atoms with Crippen molar-refractivity contribution in [3.63, 3.8) is 0 Å². The molecule has 2 N–H and O–H groups in total. The first-order chi connectivity index (χ1) is 21.5. The molecule has 4 aromatic rings. The minimum Gasteiger partial charge on any atom is -0.481 e. The van der Waals surface area contributed by atoms with E-state index in [4.69, 9.17) is 21.3 Å². The second kappa shape index (κ2) is 11.7. The average molecular weight is 636 g/mol. The number of carboxylic acid groups (broad SMARTS) is 1. The monoisotopic (exact) mass is 635 g/mol. The topological polar surface area (TPSA) is 127 Å². The minimum absolute atomic E-state index is 0.0339. The summed E-state index contributed by atoms with van der Waals surface area (Å²) in [6.07, 6.45) is 2.77. The molecule has 1 amide bonds. The summed E-state index contributed by atoms with van der Waals surface area (Å²) in [6.45, 7) is 2.41. The van der Waals surface area contributed by atoms with E-state index in [1.54, 1.807) is 0 Å². The maximum absolute atomic E-state index is 15.5. The number of likely N-dealkylation sites (tertiary alicyclic amines) is 1. The van der Waals surface area contributed by atoms with E-state index in [1.807, 2.05) is 6.07 Å². The van der Waals surface area contributed by atoms with Gasteiger partial charge in [-0.2, -0.15) is 5.10 Å². The molecule has 1 fully saturated rings. The van der Waals surface area contributed by atoms with Crippen LogP contribution in [-0.4, -0.2) is 56.8 Å². The van der Waals surface area contributed by atoms with Crippen LogP contribution < -0.4 is 15.6 Å². The van der Waals surface area contributed by atoms with E-state index >= 15 is 8.78 Å². The second-order valence-corrected chi connectivity index (χ2v) is 11.5. The number of carboxylic acids is 1. The summed E-state index contributed by atoms with van der Waals surface area (Å²) in [7, 11) is 2.90. The van der Waals surface area contributed by atoms with Gasteiger partial charge in [0.15, 0.2) is 0 Å². The molecular formula is C32H28ClF2N5O5. The number of pyridine rings is 1. The highest BCUT2D eigenvalue weighted by molar-refractivity contribution is 6.36. The van der Waals surface area contributed by atoms with Crippen molar-refractivity contribution in [2.45, 2.75) is 25.8 Å². The fourth-order valence-corrected chi connectivity index (χ4v) is 6.48. The second-order valence-electron chi connectivity index (χ2n) is 11.1. The molecule has 10 nitrogen and oxygen atoms in total. The van der Waals surface area contributed by atoms with E-state index in [0.717, 1.165) is 28.3 Å². The number of hydrogen-bond acceptors (Lipinski definition) is 7. The van der Waals surface area contributed by atoms with Crippen molar-refractivity contribution < 1.29 is 28.2 Å². The molecule has 1 aliphatic heterocycles. The molecule has 2 aromatic carbocycles. The Bertz CT molecular complexity index is 1940. The Hall–Kier alpha value is -4.68. The number of rotatable bonds is 7. The van der Waals surface area contributed by atoms with Gasteiger partial charge in [-0.25, -0.2) is 18.4 Å². The molecular weight excluding hydrogens is 608 g/mol. The highest BCUT2D eigenvalue weighted by atomic mass is 35.5. The SMILES string of the molecule is COc1nc(-c2ccc(F)c(-c3c(F)ccc(NC(=O)c4ccnn(C)c4=O)c3C)c2Cl)cc2c1[C@@H](N1CC(C(=O)O)C1)CC2. The number of nitrogens with zero attached hydrogens (tertiary/aromatic N) is 4. The van der Waals surface area contributed by atoms with Crippen molar-refractivity contribution >= 4 is 29.2 Å².